The van der Waals surface area contributed by atoms with Crippen LogP contribution in [0.15, 0.2) is 58.3 Å². The summed E-state index contributed by atoms with van der Waals surface area (Å²) in [4.78, 5) is 24.9. The molecule has 0 aromatic heterocycles. The van der Waals surface area contributed by atoms with Gasteiger partial charge in [0.25, 0.3) is 0 Å². The van der Waals surface area contributed by atoms with E-state index in [-0.39, 0.29) is 23.1 Å². The normalized spacial score (nSPS) is 15.2. The highest BCUT2D eigenvalue weighted by molar-refractivity contribution is 7.99. The van der Waals surface area contributed by atoms with Crippen LogP contribution in [0.3, 0.4) is 0 Å². The Balaban J connectivity index is 1.75. The summed E-state index contributed by atoms with van der Waals surface area (Å²) < 4.78 is 25.7. The molecule has 3 rings (SSSR count). The van der Waals surface area contributed by atoms with Crippen molar-refractivity contribution in [2.45, 2.75) is 34.8 Å². The number of sulfone groups is 1. The van der Waals surface area contributed by atoms with Crippen LogP contribution < -0.4 is 10.6 Å². The van der Waals surface area contributed by atoms with Gasteiger partial charge in [-0.25, -0.2) is 8.42 Å². The fraction of sp³-hybridized carbons (Fsp3) is 0.263. The molecule has 27 heavy (non-hydrogen) atoms. The Bertz CT molecular complexity index is 959. The minimum atomic E-state index is -3.71. The molecule has 0 aliphatic carbocycles. The highest BCUT2D eigenvalue weighted by Gasteiger charge is 2.27. The summed E-state index contributed by atoms with van der Waals surface area (Å²) in [6, 6.07) is 13.6. The number of thioether (sulfide) groups is 1. The van der Waals surface area contributed by atoms with Crippen molar-refractivity contribution in [1.82, 2.24) is 0 Å². The van der Waals surface area contributed by atoms with Crippen LogP contribution in [0.4, 0.5) is 11.4 Å². The molecular formula is C19H20N2O4S2. The van der Waals surface area contributed by atoms with Gasteiger partial charge < -0.3 is 10.6 Å². The number of hydrogen-bond donors (Lipinski definition) is 2. The lowest BCUT2D eigenvalue weighted by molar-refractivity contribution is -0.116. The predicted molar refractivity (Wildman–Crippen MR) is 107 cm³/mol. The maximum atomic E-state index is 12.9. The quantitative estimate of drug-likeness (QED) is 0.798. The number of carbonyl (C=O) groups excluding carboxylic acids is 2. The zero-order valence-electron chi connectivity index (χ0n) is 14.8. The van der Waals surface area contributed by atoms with E-state index in [0.717, 1.165) is 4.90 Å². The van der Waals surface area contributed by atoms with E-state index in [9.17, 15) is 18.0 Å². The standard InChI is InChI=1S/C19H20N2O4S2/c1-13(11-19(23)20-14-5-3-2-4-6-14)27(24,25)15-7-8-17-16(12-15)21-18(22)9-10-26-17/h2-8,12-13H,9-11H2,1H3,(H,20,23)(H,21,22). The molecule has 2 aromatic rings. The zero-order valence-corrected chi connectivity index (χ0v) is 16.4. The maximum absolute atomic E-state index is 12.9. The lowest BCUT2D eigenvalue weighted by atomic mass is 10.3. The van der Waals surface area contributed by atoms with Crippen LogP contribution in [0, 0.1) is 0 Å². The van der Waals surface area contributed by atoms with Gasteiger partial charge in [-0.3, -0.25) is 9.59 Å². The number of fused-ring (bicyclic) bond motifs is 1. The van der Waals surface area contributed by atoms with Crippen molar-refractivity contribution in [2.75, 3.05) is 16.4 Å². The first-order valence-electron chi connectivity index (χ1n) is 8.52. The van der Waals surface area contributed by atoms with Gasteiger partial charge in [0.2, 0.25) is 11.8 Å². The summed E-state index contributed by atoms with van der Waals surface area (Å²) in [5, 5.41) is 4.55. The molecule has 2 aromatic carbocycles. The Morgan fingerprint density at radius 2 is 1.96 bits per heavy atom. The molecule has 1 unspecified atom stereocenters. The van der Waals surface area contributed by atoms with E-state index in [0.29, 0.717) is 23.5 Å². The van der Waals surface area contributed by atoms with Crippen molar-refractivity contribution in [3.8, 4) is 0 Å². The average Bonchev–Trinajstić information content (AvgIpc) is 2.82. The molecule has 1 aliphatic heterocycles. The Morgan fingerprint density at radius 3 is 2.70 bits per heavy atom. The molecule has 8 heteroatoms. The molecule has 1 heterocycles. The fourth-order valence-corrected chi connectivity index (χ4v) is 5.02. The molecule has 1 aliphatic rings. The van der Waals surface area contributed by atoms with Gasteiger partial charge in [-0.05, 0) is 37.3 Å². The van der Waals surface area contributed by atoms with Crippen molar-refractivity contribution in [1.29, 1.82) is 0 Å². The summed E-state index contributed by atoms with van der Waals surface area (Å²) in [6.45, 7) is 1.51. The molecule has 142 valence electrons. The molecule has 0 bridgehead atoms. The summed E-state index contributed by atoms with van der Waals surface area (Å²) in [5.74, 6) is 0.156. The minimum absolute atomic E-state index is 0.101. The third-order valence-corrected chi connectivity index (χ3v) is 7.41. The molecule has 0 radical (unpaired) electrons. The smallest absolute Gasteiger partial charge is 0.225 e. The summed E-state index contributed by atoms with van der Waals surface area (Å²) in [6.07, 6.45) is 0.229. The summed E-state index contributed by atoms with van der Waals surface area (Å²) >= 11 is 1.51. The van der Waals surface area contributed by atoms with Gasteiger partial charge in [0, 0.05) is 29.2 Å². The topological polar surface area (TPSA) is 92.3 Å². The third-order valence-electron chi connectivity index (χ3n) is 4.20. The van der Waals surface area contributed by atoms with Crippen LogP contribution in [-0.2, 0) is 19.4 Å². The molecule has 0 spiro atoms. The second-order valence-electron chi connectivity index (χ2n) is 6.28. The Morgan fingerprint density at radius 1 is 1.22 bits per heavy atom. The summed E-state index contributed by atoms with van der Waals surface area (Å²) in [7, 11) is -3.71. The molecule has 0 saturated carbocycles. The van der Waals surface area contributed by atoms with E-state index in [4.69, 9.17) is 0 Å². The largest absolute Gasteiger partial charge is 0.326 e. The van der Waals surface area contributed by atoms with E-state index >= 15 is 0 Å². The molecule has 2 N–H and O–H groups in total. The number of benzene rings is 2. The average molecular weight is 405 g/mol. The first-order chi connectivity index (χ1) is 12.9. The third kappa shape index (κ3) is 4.70. The minimum Gasteiger partial charge on any atom is -0.326 e. The van der Waals surface area contributed by atoms with Crippen molar-refractivity contribution in [3.63, 3.8) is 0 Å². The van der Waals surface area contributed by atoms with Gasteiger partial charge in [0.05, 0.1) is 15.8 Å². The predicted octanol–water partition coefficient (Wildman–Crippen LogP) is 3.31. The number of hydrogen-bond acceptors (Lipinski definition) is 5. The van der Waals surface area contributed by atoms with E-state index < -0.39 is 15.1 Å². The SMILES string of the molecule is CC(CC(=O)Nc1ccccc1)S(=O)(=O)c1ccc2c(c1)NC(=O)CCS2. The van der Waals surface area contributed by atoms with Crippen LogP contribution >= 0.6 is 11.8 Å². The van der Waals surface area contributed by atoms with Crippen molar-refractivity contribution in [2.24, 2.45) is 0 Å². The second-order valence-corrected chi connectivity index (χ2v) is 9.78. The number of carbonyl (C=O) groups is 2. The molecule has 2 amide bonds. The van der Waals surface area contributed by atoms with E-state index in [1.165, 1.54) is 30.8 Å². The van der Waals surface area contributed by atoms with Crippen LogP contribution in [0.5, 0.6) is 0 Å². The van der Waals surface area contributed by atoms with Gasteiger partial charge in [0.15, 0.2) is 9.84 Å². The number of rotatable bonds is 5. The highest BCUT2D eigenvalue weighted by Crippen LogP contribution is 2.33. The van der Waals surface area contributed by atoms with Crippen LogP contribution in [0.1, 0.15) is 19.8 Å². The number of amides is 2. The van der Waals surface area contributed by atoms with E-state index in [2.05, 4.69) is 10.6 Å². The molecule has 6 nitrogen and oxygen atoms in total. The second kappa shape index (κ2) is 8.14. The molecule has 0 saturated heterocycles. The van der Waals surface area contributed by atoms with Gasteiger partial charge in [-0.1, -0.05) is 18.2 Å². The van der Waals surface area contributed by atoms with Gasteiger partial charge in [0.1, 0.15) is 0 Å². The van der Waals surface area contributed by atoms with Crippen molar-refractivity contribution in [3.05, 3.63) is 48.5 Å². The highest BCUT2D eigenvalue weighted by atomic mass is 32.2. The van der Waals surface area contributed by atoms with Crippen molar-refractivity contribution >= 4 is 44.8 Å². The lowest BCUT2D eigenvalue weighted by Gasteiger charge is -2.15. The molecular weight excluding hydrogens is 384 g/mol. The molecule has 0 fully saturated rings. The number of nitrogens with one attached hydrogen (secondary N) is 2. The van der Waals surface area contributed by atoms with Gasteiger partial charge in [-0.2, -0.15) is 0 Å². The van der Waals surface area contributed by atoms with E-state index in [1.54, 1.807) is 30.3 Å². The maximum Gasteiger partial charge on any atom is 0.225 e. The molecule has 1 atom stereocenters. The number of anilines is 2. The summed E-state index contributed by atoms with van der Waals surface area (Å²) in [5.41, 5.74) is 1.13. The Kier molecular flexibility index (Phi) is 5.86. The fourth-order valence-electron chi connectivity index (χ4n) is 2.71. The van der Waals surface area contributed by atoms with Crippen LogP contribution in [0.25, 0.3) is 0 Å². The Labute approximate surface area is 162 Å². The monoisotopic (exact) mass is 404 g/mol. The van der Waals surface area contributed by atoms with Crippen LogP contribution in [0.2, 0.25) is 0 Å². The lowest BCUT2D eigenvalue weighted by Crippen LogP contribution is -2.25. The van der Waals surface area contributed by atoms with E-state index in [1.807, 2.05) is 6.07 Å². The van der Waals surface area contributed by atoms with Crippen LogP contribution in [-0.4, -0.2) is 31.2 Å². The van der Waals surface area contributed by atoms with Gasteiger partial charge in [-0.15, -0.1) is 11.8 Å². The first-order valence-corrected chi connectivity index (χ1v) is 11.0. The van der Waals surface area contributed by atoms with Crippen molar-refractivity contribution < 1.29 is 18.0 Å². The van der Waals surface area contributed by atoms with Gasteiger partial charge >= 0.3 is 0 Å². The Hall–Kier alpha value is -2.32. The first kappa shape index (κ1) is 19.4. The number of para-hydroxylation sites is 1. The zero-order chi connectivity index (χ0) is 19.4.